The molecule has 0 radical (unpaired) electrons. The molecule has 0 fully saturated rings. The number of nitrogens with zero attached hydrogens (tertiary/aromatic N) is 3. The van der Waals surface area contributed by atoms with Crippen molar-refractivity contribution >= 4 is 17.8 Å². The van der Waals surface area contributed by atoms with E-state index in [0.29, 0.717) is 12.3 Å². The van der Waals surface area contributed by atoms with Crippen molar-refractivity contribution < 1.29 is 18.7 Å². The van der Waals surface area contributed by atoms with E-state index in [1.807, 2.05) is 0 Å². The van der Waals surface area contributed by atoms with E-state index in [-0.39, 0.29) is 24.9 Å². The highest BCUT2D eigenvalue weighted by Crippen LogP contribution is 2.01. The molecule has 112 valence electrons. The minimum absolute atomic E-state index is 0.0157. The lowest BCUT2D eigenvalue weighted by Crippen LogP contribution is -2.27. The Kier molecular flexibility index (Phi) is 4.91. The Hall–Kier alpha value is -2.84. The minimum atomic E-state index is -0.619. The first-order chi connectivity index (χ1) is 10.2. The third-order valence-electron chi connectivity index (χ3n) is 2.39. The highest BCUT2D eigenvalue weighted by atomic mass is 16.5. The SMILES string of the molecule is CCOC(=O)Nc1cn(CC(=O)NCc2ccco2)nn1. The van der Waals surface area contributed by atoms with Crippen molar-refractivity contribution in [2.45, 2.75) is 20.0 Å². The Morgan fingerprint density at radius 2 is 2.33 bits per heavy atom. The van der Waals surface area contributed by atoms with Crippen molar-refractivity contribution in [2.75, 3.05) is 11.9 Å². The predicted molar refractivity (Wildman–Crippen MR) is 71.2 cm³/mol. The average Bonchev–Trinajstić information content (AvgIpc) is 3.08. The van der Waals surface area contributed by atoms with Gasteiger partial charge in [-0.3, -0.25) is 10.1 Å². The molecule has 0 atom stereocenters. The molecule has 0 spiro atoms. The molecule has 2 aromatic rings. The third kappa shape index (κ3) is 4.64. The fraction of sp³-hybridized carbons (Fsp3) is 0.333. The highest BCUT2D eigenvalue weighted by molar-refractivity contribution is 5.83. The number of aromatic nitrogens is 3. The zero-order chi connectivity index (χ0) is 15.1. The summed E-state index contributed by atoms with van der Waals surface area (Å²) in [7, 11) is 0. The summed E-state index contributed by atoms with van der Waals surface area (Å²) in [5.41, 5.74) is 0. The molecule has 0 saturated heterocycles. The van der Waals surface area contributed by atoms with E-state index in [4.69, 9.17) is 9.15 Å². The van der Waals surface area contributed by atoms with Gasteiger partial charge in [-0.25, -0.2) is 9.48 Å². The van der Waals surface area contributed by atoms with Gasteiger partial charge in [0.25, 0.3) is 0 Å². The van der Waals surface area contributed by atoms with Gasteiger partial charge in [0.1, 0.15) is 12.3 Å². The van der Waals surface area contributed by atoms with Crippen LogP contribution < -0.4 is 10.6 Å². The Morgan fingerprint density at radius 1 is 1.48 bits per heavy atom. The smallest absolute Gasteiger partial charge is 0.412 e. The maximum atomic E-state index is 11.7. The molecule has 9 nitrogen and oxygen atoms in total. The second-order valence-electron chi connectivity index (χ2n) is 4.00. The van der Waals surface area contributed by atoms with Crippen LogP contribution in [0, 0.1) is 0 Å². The fourth-order valence-corrected chi connectivity index (χ4v) is 1.51. The number of furan rings is 1. The molecule has 2 heterocycles. The summed E-state index contributed by atoms with van der Waals surface area (Å²) in [6.07, 6.45) is 2.35. The summed E-state index contributed by atoms with van der Waals surface area (Å²) < 4.78 is 11.1. The molecule has 2 N–H and O–H groups in total. The lowest BCUT2D eigenvalue weighted by Gasteiger charge is -2.02. The second kappa shape index (κ2) is 7.08. The molecule has 0 aromatic carbocycles. The van der Waals surface area contributed by atoms with Gasteiger partial charge in [0.05, 0.1) is 25.6 Å². The van der Waals surface area contributed by atoms with Crippen molar-refractivity contribution in [3.63, 3.8) is 0 Å². The van der Waals surface area contributed by atoms with Crippen molar-refractivity contribution in [3.8, 4) is 0 Å². The molecular formula is C12H15N5O4. The standard InChI is InChI=1S/C12H15N5O4/c1-2-20-12(19)14-10-7-17(16-15-10)8-11(18)13-6-9-4-3-5-21-9/h3-5,7H,2,6,8H2,1H3,(H,13,18)(H,14,19). The summed E-state index contributed by atoms with van der Waals surface area (Å²) in [5, 5.41) is 12.5. The molecule has 9 heteroatoms. The summed E-state index contributed by atoms with van der Waals surface area (Å²) in [5.74, 6) is 0.623. The number of carbonyl (C=O) groups excluding carboxylic acids is 2. The Labute approximate surface area is 120 Å². The van der Waals surface area contributed by atoms with E-state index in [1.54, 1.807) is 19.1 Å². The monoisotopic (exact) mass is 293 g/mol. The molecule has 0 saturated carbocycles. The van der Waals surface area contributed by atoms with Crippen molar-refractivity contribution in [3.05, 3.63) is 30.4 Å². The predicted octanol–water partition coefficient (Wildman–Crippen LogP) is 0.756. The van der Waals surface area contributed by atoms with Gasteiger partial charge in [-0.15, -0.1) is 5.10 Å². The number of nitrogens with one attached hydrogen (secondary N) is 2. The number of anilines is 1. The molecular weight excluding hydrogens is 278 g/mol. The van der Waals surface area contributed by atoms with Crippen molar-refractivity contribution in [1.29, 1.82) is 0 Å². The van der Waals surface area contributed by atoms with Crippen LogP contribution >= 0.6 is 0 Å². The largest absolute Gasteiger partial charge is 0.467 e. The van der Waals surface area contributed by atoms with Crippen LogP contribution in [0.2, 0.25) is 0 Å². The summed E-state index contributed by atoms with van der Waals surface area (Å²) in [4.78, 5) is 22.9. The number of rotatable bonds is 6. The second-order valence-corrected chi connectivity index (χ2v) is 4.00. The number of ether oxygens (including phenoxy) is 1. The molecule has 0 aliphatic carbocycles. The quantitative estimate of drug-likeness (QED) is 0.813. The van der Waals surface area contributed by atoms with Crippen LogP contribution in [0.1, 0.15) is 12.7 Å². The Morgan fingerprint density at radius 3 is 3.05 bits per heavy atom. The van der Waals surface area contributed by atoms with Crippen LogP contribution in [0.25, 0.3) is 0 Å². The Bertz CT molecular complexity index is 593. The zero-order valence-electron chi connectivity index (χ0n) is 11.4. The molecule has 0 bridgehead atoms. The summed E-state index contributed by atoms with van der Waals surface area (Å²) >= 11 is 0. The molecule has 2 amide bonds. The lowest BCUT2D eigenvalue weighted by atomic mass is 10.4. The topological polar surface area (TPSA) is 111 Å². The zero-order valence-corrected chi connectivity index (χ0v) is 11.4. The van der Waals surface area contributed by atoms with Crippen LogP contribution in [0.5, 0.6) is 0 Å². The van der Waals surface area contributed by atoms with Gasteiger partial charge < -0.3 is 14.5 Å². The first-order valence-corrected chi connectivity index (χ1v) is 6.30. The summed E-state index contributed by atoms with van der Waals surface area (Å²) in [6, 6.07) is 3.50. The minimum Gasteiger partial charge on any atom is -0.467 e. The first-order valence-electron chi connectivity index (χ1n) is 6.30. The van der Waals surface area contributed by atoms with E-state index >= 15 is 0 Å². The van der Waals surface area contributed by atoms with E-state index in [0.717, 1.165) is 0 Å². The lowest BCUT2D eigenvalue weighted by molar-refractivity contribution is -0.122. The van der Waals surface area contributed by atoms with E-state index in [2.05, 4.69) is 20.9 Å². The van der Waals surface area contributed by atoms with Gasteiger partial charge in [0.15, 0.2) is 5.82 Å². The van der Waals surface area contributed by atoms with Gasteiger partial charge in [-0.1, -0.05) is 5.21 Å². The summed E-state index contributed by atoms with van der Waals surface area (Å²) in [6.45, 7) is 2.24. The third-order valence-corrected chi connectivity index (χ3v) is 2.39. The number of hydrogen-bond donors (Lipinski definition) is 2. The fourth-order valence-electron chi connectivity index (χ4n) is 1.51. The van der Waals surface area contributed by atoms with Gasteiger partial charge in [0.2, 0.25) is 5.91 Å². The molecule has 0 unspecified atom stereocenters. The van der Waals surface area contributed by atoms with Gasteiger partial charge in [0, 0.05) is 0 Å². The number of carbonyl (C=O) groups is 2. The average molecular weight is 293 g/mol. The molecule has 0 aliphatic heterocycles. The van der Waals surface area contributed by atoms with Crippen molar-refractivity contribution in [2.24, 2.45) is 0 Å². The normalized spacial score (nSPS) is 10.1. The van der Waals surface area contributed by atoms with E-state index in [1.165, 1.54) is 17.1 Å². The maximum Gasteiger partial charge on any atom is 0.412 e. The van der Waals surface area contributed by atoms with Crippen LogP contribution in [-0.4, -0.2) is 33.6 Å². The molecule has 2 aromatic heterocycles. The van der Waals surface area contributed by atoms with Crippen LogP contribution in [0.3, 0.4) is 0 Å². The van der Waals surface area contributed by atoms with Crippen LogP contribution in [0.15, 0.2) is 29.0 Å². The first kappa shape index (κ1) is 14.6. The maximum absolute atomic E-state index is 11.7. The van der Waals surface area contributed by atoms with E-state index in [9.17, 15) is 9.59 Å². The molecule has 0 aliphatic rings. The van der Waals surface area contributed by atoms with Crippen molar-refractivity contribution in [1.82, 2.24) is 20.3 Å². The number of hydrogen-bond acceptors (Lipinski definition) is 6. The Balaban J connectivity index is 1.78. The van der Waals surface area contributed by atoms with Crippen LogP contribution in [-0.2, 0) is 22.6 Å². The van der Waals surface area contributed by atoms with Gasteiger partial charge >= 0.3 is 6.09 Å². The van der Waals surface area contributed by atoms with E-state index < -0.39 is 6.09 Å². The van der Waals surface area contributed by atoms with Crippen LogP contribution in [0.4, 0.5) is 10.6 Å². The van der Waals surface area contributed by atoms with Gasteiger partial charge in [-0.2, -0.15) is 0 Å². The highest BCUT2D eigenvalue weighted by Gasteiger charge is 2.09. The van der Waals surface area contributed by atoms with Gasteiger partial charge in [-0.05, 0) is 19.1 Å². The molecule has 21 heavy (non-hydrogen) atoms. The number of amides is 2. The molecule has 2 rings (SSSR count).